The zero-order valence-electron chi connectivity index (χ0n) is 12.8. The summed E-state index contributed by atoms with van der Waals surface area (Å²) in [5.41, 5.74) is 0.830. The van der Waals surface area contributed by atoms with Crippen LogP contribution in [0.3, 0.4) is 0 Å². The fraction of sp³-hybridized carbons (Fsp3) is 0.714. The van der Waals surface area contributed by atoms with Gasteiger partial charge in [-0.25, -0.2) is 9.97 Å². The smallest absolute Gasteiger partial charge is 0.222 e. The van der Waals surface area contributed by atoms with Gasteiger partial charge < -0.3 is 14.8 Å². The van der Waals surface area contributed by atoms with Crippen LogP contribution in [0, 0.1) is 0 Å². The van der Waals surface area contributed by atoms with Crippen LogP contribution < -0.4 is 10.1 Å². The second-order valence-electron chi connectivity index (χ2n) is 5.41. The normalized spacial score (nSPS) is 11.7. The van der Waals surface area contributed by atoms with E-state index in [1.807, 2.05) is 20.9 Å². The maximum Gasteiger partial charge on any atom is 0.222 e. The first-order valence-corrected chi connectivity index (χ1v) is 6.62. The maximum absolute atomic E-state index is 5.81. The van der Waals surface area contributed by atoms with E-state index in [4.69, 9.17) is 9.47 Å². The molecule has 0 radical (unpaired) electrons. The molecule has 1 N–H and O–H groups in total. The minimum atomic E-state index is -0.184. The van der Waals surface area contributed by atoms with Gasteiger partial charge in [0.25, 0.3) is 0 Å². The summed E-state index contributed by atoms with van der Waals surface area (Å²) in [6.45, 7) is 8.86. The lowest BCUT2D eigenvalue weighted by Gasteiger charge is -2.23. The number of aromatic nitrogens is 2. The van der Waals surface area contributed by atoms with Crippen molar-refractivity contribution < 1.29 is 9.47 Å². The van der Waals surface area contributed by atoms with Crippen LogP contribution >= 0.6 is 0 Å². The first kappa shape index (κ1) is 15.7. The Kier molecular flexibility index (Phi) is 5.54. The molecule has 0 aliphatic rings. The Morgan fingerprint density at radius 2 is 2.00 bits per heavy atom. The third-order valence-corrected chi connectivity index (χ3v) is 3.16. The Bertz CT molecular complexity index is 406. The quantitative estimate of drug-likeness (QED) is 0.823. The minimum Gasteiger partial charge on any atom is -0.477 e. The lowest BCUT2D eigenvalue weighted by Crippen LogP contribution is -2.25. The van der Waals surface area contributed by atoms with Gasteiger partial charge in [0.05, 0.1) is 17.8 Å². The van der Waals surface area contributed by atoms with E-state index in [1.165, 1.54) is 6.33 Å². The highest BCUT2D eigenvalue weighted by Crippen LogP contribution is 2.29. The Morgan fingerprint density at radius 3 is 2.53 bits per heavy atom. The van der Waals surface area contributed by atoms with Crippen molar-refractivity contribution >= 4 is 5.82 Å². The molecule has 0 saturated carbocycles. The number of anilines is 1. The van der Waals surface area contributed by atoms with Gasteiger partial charge in [-0.1, -0.05) is 13.8 Å². The van der Waals surface area contributed by atoms with Crippen LogP contribution in [-0.4, -0.2) is 36.3 Å². The lowest BCUT2D eigenvalue weighted by atomic mass is 10.0. The molecule has 19 heavy (non-hydrogen) atoms. The van der Waals surface area contributed by atoms with Crippen molar-refractivity contribution in [1.82, 2.24) is 9.97 Å². The molecule has 0 fully saturated rings. The monoisotopic (exact) mass is 267 g/mol. The summed E-state index contributed by atoms with van der Waals surface area (Å²) < 4.78 is 11.2. The van der Waals surface area contributed by atoms with Crippen molar-refractivity contribution in [3.05, 3.63) is 11.9 Å². The van der Waals surface area contributed by atoms with Crippen molar-refractivity contribution in [2.24, 2.45) is 0 Å². The highest BCUT2D eigenvalue weighted by atomic mass is 16.5. The van der Waals surface area contributed by atoms with Crippen molar-refractivity contribution in [2.75, 3.05) is 26.1 Å². The number of hydrogen-bond acceptors (Lipinski definition) is 5. The number of nitrogens with one attached hydrogen (secondary N) is 1. The van der Waals surface area contributed by atoms with E-state index in [-0.39, 0.29) is 5.60 Å². The second-order valence-corrected chi connectivity index (χ2v) is 5.41. The van der Waals surface area contributed by atoms with Crippen LogP contribution in [-0.2, 0) is 4.74 Å². The standard InChI is InChI=1S/C14H25N3O2/c1-10(2)11-12(15-5)16-9-17-13(11)19-8-7-14(3,4)18-6/h9-10H,7-8H2,1-6H3,(H,15,16,17). The van der Waals surface area contributed by atoms with Crippen LogP contribution in [0.4, 0.5) is 5.82 Å². The van der Waals surface area contributed by atoms with Crippen LogP contribution in [0.5, 0.6) is 5.88 Å². The molecular formula is C14H25N3O2. The molecule has 1 aromatic rings. The third-order valence-electron chi connectivity index (χ3n) is 3.16. The van der Waals surface area contributed by atoms with Crippen molar-refractivity contribution in [3.63, 3.8) is 0 Å². The van der Waals surface area contributed by atoms with Gasteiger partial charge in [0.1, 0.15) is 12.1 Å². The number of ether oxygens (including phenoxy) is 2. The fourth-order valence-electron chi connectivity index (χ4n) is 1.71. The van der Waals surface area contributed by atoms with Crippen molar-refractivity contribution in [3.8, 4) is 5.88 Å². The van der Waals surface area contributed by atoms with Crippen LogP contribution in [0.1, 0.15) is 45.6 Å². The van der Waals surface area contributed by atoms with E-state index in [0.717, 1.165) is 17.8 Å². The van der Waals surface area contributed by atoms with Gasteiger partial charge in [-0.15, -0.1) is 0 Å². The highest BCUT2D eigenvalue weighted by Gasteiger charge is 2.19. The molecular weight excluding hydrogens is 242 g/mol. The maximum atomic E-state index is 5.81. The topological polar surface area (TPSA) is 56.3 Å². The summed E-state index contributed by atoms with van der Waals surface area (Å²) in [5, 5.41) is 3.08. The first-order valence-electron chi connectivity index (χ1n) is 6.62. The molecule has 0 saturated heterocycles. The summed E-state index contributed by atoms with van der Waals surface area (Å²) in [6, 6.07) is 0. The van der Waals surface area contributed by atoms with E-state index < -0.39 is 0 Å². The largest absolute Gasteiger partial charge is 0.477 e. The third kappa shape index (κ3) is 4.35. The van der Waals surface area contributed by atoms with Gasteiger partial charge in [-0.05, 0) is 19.8 Å². The molecule has 1 heterocycles. The minimum absolute atomic E-state index is 0.184. The second kappa shape index (κ2) is 6.70. The van der Waals surface area contributed by atoms with Gasteiger partial charge in [0.2, 0.25) is 5.88 Å². The lowest BCUT2D eigenvalue weighted by molar-refractivity contribution is 0.00498. The number of methoxy groups -OCH3 is 1. The van der Waals surface area contributed by atoms with Crippen LogP contribution in [0.15, 0.2) is 6.33 Å². The molecule has 1 rings (SSSR count). The van der Waals surface area contributed by atoms with Gasteiger partial charge in [-0.3, -0.25) is 0 Å². The molecule has 0 aliphatic heterocycles. The summed E-state index contributed by atoms with van der Waals surface area (Å²) in [6.07, 6.45) is 2.33. The molecule has 0 unspecified atom stereocenters. The van der Waals surface area contributed by atoms with Gasteiger partial charge in [-0.2, -0.15) is 0 Å². The molecule has 0 atom stereocenters. The zero-order chi connectivity index (χ0) is 14.5. The van der Waals surface area contributed by atoms with Gasteiger partial charge in [0, 0.05) is 20.6 Å². The molecule has 1 aromatic heterocycles. The van der Waals surface area contributed by atoms with Gasteiger partial charge >= 0.3 is 0 Å². The average Bonchev–Trinajstić information content (AvgIpc) is 2.37. The van der Waals surface area contributed by atoms with Crippen LogP contribution in [0.25, 0.3) is 0 Å². The molecule has 0 amide bonds. The molecule has 5 nitrogen and oxygen atoms in total. The van der Waals surface area contributed by atoms with E-state index >= 15 is 0 Å². The molecule has 108 valence electrons. The summed E-state index contributed by atoms with van der Waals surface area (Å²) in [5.74, 6) is 1.78. The average molecular weight is 267 g/mol. The number of hydrogen-bond donors (Lipinski definition) is 1. The molecule has 0 spiro atoms. The summed E-state index contributed by atoms with van der Waals surface area (Å²) in [7, 11) is 3.56. The predicted octanol–water partition coefficient (Wildman–Crippen LogP) is 2.84. The molecule has 0 aliphatic carbocycles. The first-order chi connectivity index (χ1) is 8.91. The van der Waals surface area contributed by atoms with E-state index in [9.17, 15) is 0 Å². The van der Waals surface area contributed by atoms with Crippen molar-refractivity contribution in [1.29, 1.82) is 0 Å². The number of nitrogens with zero attached hydrogens (tertiary/aromatic N) is 2. The predicted molar refractivity (Wildman–Crippen MR) is 76.9 cm³/mol. The highest BCUT2D eigenvalue weighted by molar-refractivity contribution is 5.50. The summed E-state index contributed by atoms with van der Waals surface area (Å²) >= 11 is 0. The van der Waals surface area contributed by atoms with Crippen molar-refractivity contribution in [2.45, 2.75) is 45.6 Å². The molecule has 0 bridgehead atoms. The molecule has 5 heteroatoms. The molecule has 0 aromatic carbocycles. The van der Waals surface area contributed by atoms with E-state index in [1.54, 1.807) is 7.11 Å². The zero-order valence-corrected chi connectivity index (χ0v) is 12.8. The number of rotatable bonds is 7. The van der Waals surface area contributed by atoms with E-state index in [2.05, 4.69) is 29.1 Å². The fourth-order valence-corrected chi connectivity index (χ4v) is 1.71. The van der Waals surface area contributed by atoms with Crippen LogP contribution in [0.2, 0.25) is 0 Å². The Balaban J connectivity index is 2.78. The SMILES string of the molecule is CNc1ncnc(OCCC(C)(C)OC)c1C(C)C. The Hall–Kier alpha value is -1.36. The Morgan fingerprint density at radius 1 is 1.32 bits per heavy atom. The van der Waals surface area contributed by atoms with E-state index in [0.29, 0.717) is 18.4 Å². The van der Waals surface area contributed by atoms with Gasteiger partial charge in [0.15, 0.2) is 0 Å². The Labute approximate surface area is 115 Å². The summed E-state index contributed by atoms with van der Waals surface area (Å²) in [4.78, 5) is 8.46.